The summed E-state index contributed by atoms with van der Waals surface area (Å²) in [4.78, 5) is 12.3. The first-order valence-corrected chi connectivity index (χ1v) is 16.7. The van der Waals surface area contributed by atoms with Crippen LogP contribution in [0.25, 0.3) is 0 Å². The summed E-state index contributed by atoms with van der Waals surface area (Å²) in [5.41, 5.74) is 0. The van der Waals surface area contributed by atoms with Crippen molar-refractivity contribution >= 4 is 5.97 Å². The normalized spacial score (nSPS) is 13.9. The Hall–Kier alpha value is -0.650. The quantitative estimate of drug-likeness (QED) is 0.0478. The minimum atomic E-state index is -1.98. The molecule has 0 fully saturated rings. The molecule has 0 saturated carbocycles. The lowest BCUT2D eigenvalue weighted by molar-refractivity contribution is -0.256. The van der Waals surface area contributed by atoms with E-state index in [4.69, 9.17) is 4.74 Å². The van der Waals surface area contributed by atoms with Gasteiger partial charge in [-0.2, -0.15) is 0 Å². The van der Waals surface area contributed by atoms with E-state index in [0.717, 1.165) is 38.5 Å². The molecule has 2 atom stereocenters. The van der Waals surface area contributed by atoms with Crippen LogP contribution in [-0.2, 0) is 9.53 Å². The molecule has 0 heterocycles. The van der Waals surface area contributed by atoms with Gasteiger partial charge in [-0.25, -0.2) is 0 Å². The molecule has 5 heteroatoms. The highest BCUT2D eigenvalue weighted by molar-refractivity contribution is 5.69. The third kappa shape index (κ3) is 23.3. The van der Waals surface area contributed by atoms with Crippen molar-refractivity contribution in [1.29, 1.82) is 0 Å². The van der Waals surface area contributed by atoms with Crippen LogP contribution < -0.4 is 0 Å². The summed E-state index contributed by atoms with van der Waals surface area (Å²) in [6.45, 7) is 3.81. The first-order valence-electron chi connectivity index (χ1n) is 16.7. The molecule has 0 aliphatic rings. The lowest BCUT2D eigenvalue weighted by Gasteiger charge is -2.31. The zero-order chi connectivity index (χ0) is 28.2. The molecule has 2 unspecified atom stereocenters. The van der Waals surface area contributed by atoms with E-state index in [1.165, 1.54) is 116 Å². The van der Waals surface area contributed by atoms with Gasteiger partial charge in [0, 0.05) is 12.8 Å². The second kappa shape index (κ2) is 27.9. The third-order valence-electron chi connectivity index (χ3n) is 7.86. The first kappa shape index (κ1) is 37.4. The summed E-state index contributed by atoms with van der Waals surface area (Å²) in [7, 11) is 0. The van der Waals surface area contributed by atoms with Crippen LogP contribution in [0.4, 0.5) is 0 Å². The van der Waals surface area contributed by atoms with Crippen LogP contribution in [0.15, 0.2) is 0 Å². The van der Waals surface area contributed by atoms with Crippen molar-refractivity contribution in [1.82, 2.24) is 0 Å². The summed E-state index contributed by atoms with van der Waals surface area (Å²) in [5, 5.41) is 30.0. The molecule has 0 aliphatic heterocycles. The van der Waals surface area contributed by atoms with E-state index >= 15 is 0 Å². The molecular formula is C33H66O5. The number of ether oxygens (including phenoxy) is 1. The SMILES string of the molecule is CCCCCCCCCCCCCCCCCCCCCC(=O)OC(O)(CCCCCCCC)C(O)CO. The Balaban J connectivity index is 3.63. The Kier molecular flexibility index (Phi) is 27.4. The van der Waals surface area contributed by atoms with E-state index in [-0.39, 0.29) is 12.8 Å². The van der Waals surface area contributed by atoms with Crippen LogP contribution in [-0.4, -0.2) is 39.8 Å². The maximum atomic E-state index is 12.3. The van der Waals surface area contributed by atoms with Gasteiger partial charge in [-0.3, -0.25) is 4.79 Å². The number of carbonyl (C=O) groups excluding carboxylic acids is 1. The van der Waals surface area contributed by atoms with Crippen molar-refractivity contribution in [3.8, 4) is 0 Å². The van der Waals surface area contributed by atoms with Gasteiger partial charge in [-0.15, -0.1) is 0 Å². The molecule has 0 rings (SSSR count). The van der Waals surface area contributed by atoms with Crippen molar-refractivity contribution < 1.29 is 24.9 Å². The highest BCUT2D eigenvalue weighted by atomic mass is 16.7. The highest BCUT2D eigenvalue weighted by Gasteiger charge is 2.38. The summed E-state index contributed by atoms with van der Waals surface area (Å²) in [5.74, 6) is -2.47. The minimum Gasteiger partial charge on any atom is -0.430 e. The number of aliphatic hydroxyl groups excluding tert-OH is 2. The molecule has 5 nitrogen and oxygen atoms in total. The Morgan fingerprint density at radius 3 is 1.24 bits per heavy atom. The zero-order valence-electron chi connectivity index (χ0n) is 25.5. The smallest absolute Gasteiger partial charge is 0.308 e. The van der Waals surface area contributed by atoms with E-state index < -0.39 is 24.5 Å². The summed E-state index contributed by atoms with van der Waals surface area (Å²) >= 11 is 0. The predicted molar refractivity (Wildman–Crippen MR) is 160 cm³/mol. The van der Waals surface area contributed by atoms with Gasteiger partial charge in [0.15, 0.2) is 0 Å². The van der Waals surface area contributed by atoms with Crippen LogP contribution in [0.5, 0.6) is 0 Å². The van der Waals surface area contributed by atoms with Crippen molar-refractivity contribution in [2.24, 2.45) is 0 Å². The van der Waals surface area contributed by atoms with Gasteiger partial charge in [0.05, 0.1) is 6.61 Å². The molecule has 0 radical (unpaired) electrons. The van der Waals surface area contributed by atoms with Crippen molar-refractivity contribution in [3.63, 3.8) is 0 Å². The fourth-order valence-corrected chi connectivity index (χ4v) is 5.18. The average molecular weight is 543 g/mol. The fraction of sp³-hybridized carbons (Fsp3) is 0.970. The zero-order valence-corrected chi connectivity index (χ0v) is 25.5. The molecule has 0 amide bonds. The molecule has 0 aromatic rings. The van der Waals surface area contributed by atoms with Crippen molar-refractivity contribution in [3.05, 3.63) is 0 Å². The lowest BCUT2D eigenvalue weighted by atomic mass is 10.0. The Morgan fingerprint density at radius 2 is 0.895 bits per heavy atom. The second-order valence-electron chi connectivity index (χ2n) is 11.6. The minimum absolute atomic E-state index is 0.159. The maximum Gasteiger partial charge on any atom is 0.308 e. The van der Waals surface area contributed by atoms with Crippen LogP contribution >= 0.6 is 0 Å². The molecule has 228 valence electrons. The number of carbonyl (C=O) groups is 1. The number of hydrogen-bond acceptors (Lipinski definition) is 5. The van der Waals surface area contributed by atoms with Gasteiger partial charge in [-0.05, 0) is 12.8 Å². The monoisotopic (exact) mass is 542 g/mol. The van der Waals surface area contributed by atoms with Gasteiger partial charge in [0.1, 0.15) is 6.10 Å². The molecule has 38 heavy (non-hydrogen) atoms. The predicted octanol–water partition coefficient (Wildman–Crippen LogP) is 9.14. The molecule has 3 N–H and O–H groups in total. The van der Waals surface area contributed by atoms with E-state index in [2.05, 4.69) is 13.8 Å². The van der Waals surface area contributed by atoms with Gasteiger partial charge in [0.25, 0.3) is 0 Å². The topological polar surface area (TPSA) is 87.0 Å². The molecule has 0 bridgehead atoms. The number of hydrogen-bond donors (Lipinski definition) is 3. The molecule has 0 aliphatic carbocycles. The van der Waals surface area contributed by atoms with E-state index in [9.17, 15) is 20.1 Å². The standard InChI is InChI=1S/C33H66O5/c1-3-5-7-9-11-12-13-14-15-16-17-18-19-20-21-22-23-24-26-28-32(36)38-33(37,31(35)30-34)29-27-25-10-8-6-4-2/h31,34-35,37H,3-30H2,1-2H3. The highest BCUT2D eigenvalue weighted by Crippen LogP contribution is 2.23. The van der Waals surface area contributed by atoms with Gasteiger partial charge in [0.2, 0.25) is 5.79 Å². The summed E-state index contributed by atoms with van der Waals surface area (Å²) in [6, 6.07) is 0. The second-order valence-corrected chi connectivity index (χ2v) is 11.6. The third-order valence-corrected chi connectivity index (χ3v) is 7.86. The Labute approximate surface area is 236 Å². The average Bonchev–Trinajstić information content (AvgIpc) is 2.91. The fourth-order valence-electron chi connectivity index (χ4n) is 5.18. The molecule has 0 aromatic heterocycles. The first-order chi connectivity index (χ1) is 18.5. The number of unbranched alkanes of at least 4 members (excludes halogenated alkanes) is 23. The summed E-state index contributed by atoms with van der Waals surface area (Å²) in [6.07, 6.45) is 29.9. The number of esters is 1. The molecule has 0 spiro atoms. The lowest BCUT2D eigenvalue weighted by Crippen LogP contribution is -2.48. The largest absolute Gasteiger partial charge is 0.430 e. The van der Waals surface area contributed by atoms with Crippen molar-refractivity contribution in [2.45, 2.75) is 199 Å². The van der Waals surface area contributed by atoms with Crippen LogP contribution in [0.1, 0.15) is 187 Å². The number of rotatable bonds is 30. The van der Waals surface area contributed by atoms with Crippen LogP contribution in [0.3, 0.4) is 0 Å². The van der Waals surface area contributed by atoms with E-state index in [1.807, 2.05) is 0 Å². The van der Waals surface area contributed by atoms with Gasteiger partial charge in [-0.1, -0.05) is 162 Å². The van der Waals surface area contributed by atoms with E-state index in [1.54, 1.807) is 0 Å². The van der Waals surface area contributed by atoms with Gasteiger partial charge >= 0.3 is 5.97 Å². The van der Waals surface area contributed by atoms with Crippen LogP contribution in [0.2, 0.25) is 0 Å². The van der Waals surface area contributed by atoms with Crippen molar-refractivity contribution in [2.75, 3.05) is 6.61 Å². The Morgan fingerprint density at radius 1 is 0.579 bits per heavy atom. The Bertz CT molecular complexity index is 498. The summed E-state index contributed by atoms with van der Waals surface area (Å²) < 4.78 is 5.26. The number of aliphatic hydroxyl groups is 3. The van der Waals surface area contributed by atoms with Gasteiger partial charge < -0.3 is 20.1 Å². The van der Waals surface area contributed by atoms with Crippen LogP contribution in [0, 0.1) is 0 Å². The molecule has 0 saturated heterocycles. The maximum absolute atomic E-state index is 12.3. The molecule has 0 aromatic carbocycles. The molecular weight excluding hydrogens is 476 g/mol. The van der Waals surface area contributed by atoms with E-state index in [0.29, 0.717) is 6.42 Å².